The summed E-state index contributed by atoms with van der Waals surface area (Å²) < 4.78 is 4.63. The summed E-state index contributed by atoms with van der Waals surface area (Å²) in [5.41, 5.74) is 0.414. The number of hydrogen-bond donors (Lipinski definition) is 1. The molecule has 0 radical (unpaired) electrons. The van der Waals surface area contributed by atoms with Crippen molar-refractivity contribution in [1.82, 2.24) is 0 Å². The Bertz CT molecular complexity index is 270. The van der Waals surface area contributed by atoms with E-state index in [9.17, 15) is 9.90 Å². The van der Waals surface area contributed by atoms with Crippen LogP contribution in [0.1, 0.15) is 25.7 Å². The fourth-order valence-electron chi connectivity index (χ4n) is 1.20. The predicted octanol–water partition coefficient (Wildman–Crippen LogP) is 1.55. The number of rotatable bonds is 4. The summed E-state index contributed by atoms with van der Waals surface area (Å²) in [6, 6.07) is 0. The first-order valence-electron chi connectivity index (χ1n) is 4.27. The van der Waals surface area contributed by atoms with Gasteiger partial charge in [0.05, 0.1) is 5.57 Å². The summed E-state index contributed by atoms with van der Waals surface area (Å²) in [5, 5.41) is 9.21. The Morgan fingerprint density at radius 1 is 1.54 bits per heavy atom. The van der Waals surface area contributed by atoms with E-state index in [1.165, 1.54) is 0 Å². The van der Waals surface area contributed by atoms with Gasteiger partial charge in [0.25, 0.3) is 0 Å². The SMILES string of the molecule is C#CCCCCC1=C(O)COC1=O. The Balaban J connectivity index is 2.32. The minimum Gasteiger partial charge on any atom is -0.508 e. The van der Waals surface area contributed by atoms with E-state index in [2.05, 4.69) is 10.7 Å². The molecule has 0 aliphatic carbocycles. The Morgan fingerprint density at radius 2 is 2.31 bits per heavy atom. The fraction of sp³-hybridized carbons (Fsp3) is 0.500. The maximum absolute atomic E-state index is 11.0. The Morgan fingerprint density at radius 3 is 2.85 bits per heavy atom. The molecule has 0 spiro atoms. The highest BCUT2D eigenvalue weighted by atomic mass is 16.5. The number of terminal acetylenes is 1. The van der Waals surface area contributed by atoms with Crippen molar-refractivity contribution in [1.29, 1.82) is 0 Å². The zero-order valence-corrected chi connectivity index (χ0v) is 7.38. The Labute approximate surface area is 77.4 Å². The van der Waals surface area contributed by atoms with Gasteiger partial charge >= 0.3 is 5.97 Å². The molecule has 0 amide bonds. The second-order valence-corrected chi connectivity index (χ2v) is 2.91. The third kappa shape index (κ3) is 2.51. The summed E-state index contributed by atoms with van der Waals surface area (Å²) in [4.78, 5) is 11.0. The van der Waals surface area contributed by atoms with Crippen molar-refractivity contribution in [3.05, 3.63) is 11.3 Å². The van der Waals surface area contributed by atoms with Gasteiger partial charge in [0.2, 0.25) is 0 Å². The Hall–Kier alpha value is -1.43. The zero-order chi connectivity index (χ0) is 9.68. The van der Waals surface area contributed by atoms with Gasteiger partial charge in [0.15, 0.2) is 0 Å². The minimum absolute atomic E-state index is 0.0311. The van der Waals surface area contributed by atoms with Crippen molar-refractivity contribution < 1.29 is 14.6 Å². The zero-order valence-electron chi connectivity index (χ0n) is 7.38. The van der Waals surface area contributed by atoms with Crippen LogP contribution < -0.4 is 0 Å². The molecule has 3 nitrogen and oxygen atoms in total. The van der Waals surface area contributed by atoms with E-state index in [0.29, 0.717) is 18.4 Å². The first-order valence-corrected chi connectivity index (χ1v) is 4.27. The number of cyclic esters (lactones) is 1. The van der Waals surface area contributed by atoms with Crippen LogP contribution in [0.4, 0.5) is 0 Å². The molecule has 0 saturated carbocycles. The van der Waals surface area contributed by atoms with E-state index in [1.54, 1.807) is 0 Å². The van der Waals surface area contributed by atoms with Crippen molar-refractivity contribution in [2.24, 2.45) is 0 Å². The summed E-state index contributed by atoms with van der Waals surface area (Å²) in [7, 11) is 0. The highest BCUT2D eigenvalue weighted by Gasteiger charge is 2.23. The molecule has 0 aromatic heterocycles. The summed E-state index contributed by atoms with van der Waals surface area (Å²) in [6.07, 6.45) is 8.04. The van der Waals surface area contributed by atoms with E-state index in [1.807, 2.05) is 0 Å². The van der Waals surface area contributed by atoms with E-state index in [-0.39, 0.29) is 12.4 Å². The van der Waals surface area contributed by atoms with Gasteiger partial charge in [-0.2, -0.15) is 0 Å². The molecule has 0 aromatic rings. The number of aliphatic hydroxyl groups is 1. The molecule has 0 bridgehead atoms. The second-order valence-electron chi connectivity index (χ2n) is 2.91. The minimum atomic E-state index is -0.391. The van der Waals surface area contributed by atoms with Gasteiger partial charge < -0.3 is 9.84 Å². The van der Waals surface area contributed by atoms with Crippen LogP contribution in [-0.4, -0.2) is 17.7 Å². The Kier molecular flexibility index (Phi) is 3.39. The first-order chi connectivity index (χ1) is 6.25. The number of esters is 1. The van der Waals surface area contributed by atoms with Gasteiger partial charge in [-0.05, 0) is 19.3 Å². The summed E-state index contributed by atoms with van der Waals surface area (Å²) >= 11 is 0. The fourth-order valence-corrected chi connectivity index (χ4v) is 1.20. The maximum atomic E-state index is 11.0. The van der Waals surface area contributed by atoms with Crippen LogP contribution >= 0.6 is 0 Å². The molecule has 70 valence electrons. The van der Waals surface area contributed by atoms with Crippen LogP contribution in [0.5, 0.6) is 0 Å². The van der Waals surface area contributed by atoms with Crippen LogP contribution in [0.15, 0.2) is 11.3 Å². The number of carbonyl (C=O) groups is 1. The molecule has 0 aromatic carbocycles. The van der Waals surface area contributed by atoms with Crippen LogP contribution in [0.3, 0.4) is 0 Å². The lowest BCUT2D eigenvalue weighted by Gasteiger charge is -1.97. The van der Waals surface area contributed by atoms with Crippen molar-refractivity contribution in [2.75, 3.05) is 6.61 Å². The third-order valence-corrected chi connectivity index (χ3v) is 1.93. The van der Waals surface area contributed by atoms with Gasteiger partial charge in [-0.25, -0.2) is 4.79 Å². The molecular weight excluding hydrogens is 168 g/mol. The lowest BCUT2D eigenvalue weighted by Crippen LogP contribution is -1.99. The largest absolute Gasteiger partial charge is 0.508 e. The van der Waals surface area contributed by atoms with Crippen LogP contribution in [0.25, 0.3) is 0 Å². The third-order valence-electron chi connectivity index (χ3n) is 1.93. The van der Waals surface area contributed by atoms with E-state index < -0.39 is 5.97 Å². The molecule has 1 aliphatic heterocycles. The monoisotopic (exact) mass is 180 g/mol. The van der Waals surface area contributed by atoms with Crippen LogP contribution in [0.2, 0.25) is 0 Å². The molecular formula is C10H12O3. The molecule has 0 fully saturated rings. The maximum Gasteiger partial charge on any atom is 0.337 e. The van der Waals surface area contributed by atoms with Crippen LogP contribution in [-0.2, 0) is 9.53 Å². The number of hydrogen-bond acceptors (Lipinski definition) is 3. The quantitative estimate of drug-likeness (QED) is 0.405. The van der Waals surface area contributed by atoms with Gasteiger partial charge in [-0.1, -0.05) is 0 Å². The standard InChI is InChI=1S/C10H12O3/c1-2-3-4-5-6-8-9(11)7-13-10(8)12/h1,11H,3-7H2. The van der Waals surface area contributed by atoms with Crippen molar-refractivity contribution >= 4 is 5.97 Å². The number of aliphatic hydroxyl groups excluding tert-OH is 1. The molecule has 1 rings (SSSR count). The average molecular weight is 180 g/mol. The average Bonchev–Trinajstić information content (AvgIpc) is 2.42. The molecule has 0 unspecified atom stereocenters. The predicted molar refractivity (Wildman–Crippen MR) is 47.9 cm³/mol. The number of ether oxygens (including phenoxy) is 1. The van der Waals surface area contributed by atoms with E-state index in [0.717, 1.165) is 12.8 Å². The molecule has 1 heterocycles. The second kappa shape index (κ2) is 4.56. The molecule has 3 heteroatoms. The topological polar surface area (TPSA) is 46.5 Å². The van der Waals surface area contributed by atoms with Crippen molar-refractivity contribution in [2.45, 2.75) is 25.7 Å². The van der Waals surface area contributed by atoms with Gasteiger partial charge in [-0.15, -0.1) is 12.3 Å². The first kappa shape index (κ1) is 9.66. The molecule has 1 N–H and O–H groups in total. The molecule has 1 aliphatic rings. The highest BCUT2D eigenvalue weighted by molar-refractivity contribution is 5.91. The van der Waals surface area contributed by atoms with Crippen molar-refractivity contribution in [3.63, 3.8) is 0 Å². The summed E-state index contributed by atoms with van der Waals surface area (Å²) in [6.45, 7) is 0.0311. The summed E-state index contributed by atoms with van der Waals surface area (Å²) in [5.74, 6) is 2.20. The molecule has 13 heavy (non-hydrogen) atoms. The lowest BCUT2D eigenvalue weighted by molar-refractivity contribution is -0.136. The van der Waals surface area contributed by atoms with Crippen molar-refractivity contribution in [3.8, 4) is 12.3 Å². The molecule has 0 saturated heterocycles. The lowest BCUT2D eigenvalue weighted by atomic mass is 10.1. The highest BCUT2D eigenvalue weighted by Crippen LogP contribution is 2.19. The van der Waals surface area contributed by atoms with Gasteiger partial charge in [0, 0.05) is 6.42 Å². The molecule has 0 atom stereocenters. The van der Waals surface area contributed by atoms with Gasteiger partial charge in [0.1, 0.15) is 12.4 Å². The van der Waals surface area contributed by atoms with E-state index >= 15 is 0 Å². The van der Waals surface area contributed by atoms with Gasteiger partial charge in [-0.3, -0.25) is 0 Å². The van der Waals surface area contributed by atoms with E-state index in [4.69, 9.17) is 6.42 Å². The normalized spacial score (nSPS) is 15.8. The number of unbranched alkanes of at least 4 members (excludes halogenated alkanes) is 2. The smallest absolute Gasteiger partial charge is 0.337 e. The van der Waals surface area contributed by atoms with Crippen LogP contribution in [0, 0.1) is 12.3 Å². The number of carbonyl (C=O) groups excluding carboxylic acids is 1.